The van der Waals surface area contributed by atoms with E-state index in [0.29, 0.717) is 17.9 Å². The van der Waals surface area contributed by atoms with E-state index in [9.17, 15) is 9.18 Å². The number of aromatic nitrogens is 1. The number of hydrogen-bond donors (Lipinski definition) is 1. The average molecular weight is 362 g/mol. The number of hydrogen-bond acceptors (Lipinski definition) is 4. The summed E-state index contributed by atoms with van der Waals surface area (Å²) < 4.78 is 19.6. The summed E-state index contributed by atoms with van der Waals surface area (Å²) in [5.74, 6) is 1.07. The SMILES string of the molecule is CCCCSC(C)C(=O)NCc1ccc(Oc2cccnc2)c(F)c1. The molecular formula is C19H23FN2O2S. The maximum absolute atomic E-state index is 14.2. The van der Waals surface area contributed by atoms with Gasteiger partial charge in [0.2, 0.25) is 5.91 Å². The van der Waals surface area contributed by atoms with E-state index in [4.69, 9.17) is 4.74 Å². The van der Waals surface area contributed by atoms with Crippen LogP contribution in [0.3, 0.4) is 0 Å². The van der Waals surface area contributed by atoms with Gasteiger partial charge < -0.3 is 10.1 Å². The first-order chi connectivity index (χ1) is 12.1. The van der Waals surface area contributed by atoms with Crippen molar-refractivity contribution in [3.8, 4) is 11.5 Å². The minimum atomic E-state index is -0.471. The van der Waals surface area contributed by atoms with Crippen molar-refractivity contribution in [3.05, 3.63) is 54.1 Å². The molecule has 0 aliphatic rings. The lowest BCUT2D eigenvalue weighted by atomic mass is 10.2. The predicted molar refractivity (Wildman–Crippen MR) is 99.4 cm³/mol. The number of pyridine rings is 1. The van der Waals surface area contributed by atoms with Crippen LogP contribution in [-0.2, 0) is 11.3 Å². The monoisotopic (exact) mass is 362 g/mol. The van der Waals surface area contributed by atoms with E-state index in [1.54, 1.807) is 42.2 Å². The van der Waals surface area contributed by atoms with Crippen molar-refractivity contribution in [2.24, 2.45) is 0 Å². The molecule has 0 fully saturated rings. The Kier molecular flexibility index (Phi) is 7.73. The number of amides is 1. The number of thioether (sulfide) groups is 1. The van der Waals surface area contributed by atoms with Crippen LogP contribution in [0.5, 0.6) is 11.5 Å². The standard InChI is InChI=1S/C19H23FN2O2S/c1-3-4-10-25-14(2)19(23)22-12-15-7-8-18(17(20)11-15)24-16-6-5-9-21-13-16/h5-9,11,13-14H,3-4,10,12H2,1-2H3,(H,22,23). The fourth-order valence-electron chi connectivity index (χ4n) is 2.08. The quantitative estimate of drug-likeness (QED) is 0.665. The Morgan fingerprint density at radius 3 is 2.92 bits per heavy atom. The molecule has 25 heavy (non-hydrogen) atoms. The van der Waals surface area contributed by atoms with Crippen LogP contribution in [0.25, 0.3) is 0 Å². The number of rotatable bonds is 9. The molecule has 0 spiro atoms. The molecule has 0 aliphatic carbocycles. The normalized spacial score (nSPS) is 11.8. The summed E-state index contributed by atoms with van der Waals surface area (Å²) in [4.78, 5) is 16.0. The van der Waals surface area contributed by atoms with Crippen LogP contribution in [0, 0.1) is 5.82 Å². The van der Waals surface area contributed by atoms with E-state index in [-0.39, 0.29) is 16.9 Å². The molecule has 1 unspecified atom stereocenters. The molecule has 0 radical (unpaired) electrons. The minimum Gasteiger partial charge on any atom is -0.453 e. The van der Waals surface area contributed by atoms with Gasteiger partial charge in [-0.05, 0) is 48.9 Å². The van der Waals surface area contributed by atoms with Crippen LogP contribution in [0.4, 0.5) is 4.39 Å². The molecule has 1 aromatic heterocycles. The molecule has 1 heterocycles. The van der Waals surface area contributed by atoms with Crippen LogP contribution in [0.2, 0.25) is 0 Å². The molecule has 2 rings (SSSR count). The molecule has 1 amide bonds. The third-order valence-corrected chi connectivity index (χ3v) is 4.80. The molecule has 0 aliphatic heterocycles. The van der Waals surface area contributed by atoms with Gasteiger partial charge in [-0.25, -0.2) is 4.39 Å². The first kappa shape index (κ1) is 19.2. The molecular weight excluding hydrogens is 339 g/mol. The molecule has 4 nitrogen and oxygen atoms in total. The fraction of sp³-hybridized carbons (Fsp3) is 0.368. The van der Waals surface area contributed by atoms with Gasteiger partial charge in [0.05, 0.1) is 11.4 Å². The molecule has 0 saturated heterocycles. The number of unbranched alkanes of at least 4 members (excludes halogenated alkanes) is 1. The zero-order valence-electron chi connectivity index (χ0n) is 14.5. The van der Waals surface area contributed by atoms with Crippen LogP contribution in [0.1, 0.15) is 32.3 Å². The van der Waals surface area contributed by atoms with Crippen LogP contribution in [0.15, 0.2) is 42.7 Å². The number of carbonyl (C=O) groups is 1. The molecule has 0 saturated carbocycles. The summed E-state index contributed by atoms with van der Waals surface area (Å²) in [6, 6.07) is 8.10. The van der Waals surface area contributed by atoms with Gasteiger partial charge in [-0.15, -0.1) is 11.8 Å². The highest BCUT2D eigenvalue weighted by Crippen LogP contribution is 2.24. The lowest BCUT2D eigenvalue weighted by molar-refractivity contribution is -0.120. The van der Waals surface area contributed by atoms with Gasteiger partial charge in [0, 0.05) is 12.7 Å². The van der Waals surface area contributed by atoms with Crippen molar-refractivity contribution in [2.75, 3.05) is 5.75 Å². The maximum Gasteiger partial charge on any atom is 0.233 e. The second kappa shape index (κ2) is 10.0. The summed E-state index contributed by atoms with van der Waals surface area (Å²) >= 11 is 1.64. The summed E-state index contributed by atoms with van der Waals surface area (Å²) in [7, 11) is 0. The van der Waals surface area contributed by atoms with Crippen molar-refractivity contribution in [2.45, 2.75) is 38.5 Å². The Bertz CT molecular complexity index is 682. The van der Waals surface area contributed by atoms with E-state index >= 15 is 0 Å². The highest BCUT2D eigenvalue weighted by Gasteiger charge is 2.13. The molecule has 0 bridgehead atoms. The van der Waals surface area contributed by atoms with Gasteiger partial charge >= 0.3 is 0 Å². The fourth-order valence-corrected chi connectivity index (χ4v) is 3.13. The maximum atomic E-state index is 14.2. The number of ether oxygens (including phenoxy) is 1. The van der Waals surface area contributed by atoms with Crippen LogP contribution in [-0.4, -0.2) is 21.9 Å². The Morgan fingerprint density at radius 2 is 2.24 bits per heavy atom. The summed E-state index contributed by atoms with van der Waals surface area (Å²) in [5, 5.41) is 2.74. The molecule has 1 atom stereocenters. The Labute approximate surface area is 152 Å². The van der Waals surface area contributed by atoms with Crippen LogP contribution >= 0.6 is 11.8 Å². The Morgan fingerprint density at radius 1 is 1.40 bits per heavy atom. The van der Waals surface area contributed by atoms with Crippen molar-refractivity contribution in [3.63, 3.8) is 0 Å². The third kappa shape index (κ3) is 6.38. The van der Waals surface area contributed by atoms with Crippen molar-refractivity contribution in [1.29, 1.82) is 0 Å². The van der Waals surface area contributed by atoms with E-state index in [2.05, 4.69) is 17.2 Å². The van der Waals surface area contributed by atoms with E-state index in [1.807, 2.05) is 6.92 Å². The van der Waals surface area contributed by atoms with Gasteiger partial charge in [0.1, 0.15) is 5.75 Å². The smallest absolute Gasteiger partial charge is 0.233 e. The Hall–Kier alpha value is -2.08. The van der Waals surface area contributed by atoms with Crippen molar-refractivity contribution < 1.29 is 13.9 Å². The van der Waals surface area contributed by atoms with Gasteiger partial charge in [-0.2, -0.15) is 0 Å². The molecule has 134 valence electrons. The lowest BCUT2D eigenvalue weighted by Crippen LogP contribution is -2.30. The number of carbonyl (C=O) groups excluding carboxylic acids is 1. The van der Waals surface area contributed by atoms with Crippen molar-refractivity contribution in [1.82, 2.24) is 10.3 Å². The Balaban J connectivity index is 1.87. The van der Waals surface area contributed by atoms with E-state index in [1.165, 1.54) is 12.3 Å². The van der Waals surface area contributed by atoms with Gasteiger partial charge in [-0.1, -0.05) is 19.4 Å². The average Bonchev–Trinajstić information content (AvgIpc) is 2.62. The minimum absolute atomic E-state index is 0.0304. The number of halogens is 1. The molecule has 6 heteroatoms. The second-order valence-corrected chi connectivity index (χ2v) is 7.09. The zero-order chi connectivity index (χ0) is 18.1. The van der Waals surface area contributed by atoms with Gasteiger partial charge in [0.25, 0.3) is 0 Å². The van der Waals surface area contributed by atoms with Crippen molar-refractivity contribution >= 4 is 17.7 Å². The van der Waals surface area contributed by atoms with E-state index < -0.39 is 5.82 Å². The lowest BCUT2D eigenvalue weighted by Gasteiger charge is -2.12. The largest absolute Gasteiger partial charge is 0.453 e. The zero-order valence-corrected chi connectivity index (χ0v) is 15.3. The first-order valence-corrected chi connectivity index (χ1v) is 9.40. The predicted octanol–water partition coefficient (Wildman–Crippen LogP) is 4.55. The first-order valence-electron chi connectivity index (χ1n) is 8.35. The molecule has 1 N–H and O–H groups in total. The number of benzene rings is 1. The highest BCUT2D eigenvalue weighted by atomic mass is 32.2. The van der Waals surface area contributed by atoms with Gasteiger partial charge in [-0.3, -0.25) is 9.78 Å². The second-order valence-electron chi connectivity index (χ2n) is 5.64. The third-order valence-electron chi connectivity index (χ3n) is 3.56. The molecule has 2 aromatic rings. The van der Waals surface area contributed by atoms with Gasteiger partial charge in [0.15, 0.2) is 11.6 Å². The molecule has 1 aromatic carbocycles. The summed E-state index contributed by atoms with van der Waals surface area (Å²) in [5.41, 5.74) is 0.690. The summed E-state index contributed by atoms with van der Waals surface area (Å²) in [6.07, 6.45) is 5.36. The van der Waals surface area contributed by atoms with Crippen LogP contribution < -0.4 is 10.1 Å². The number of nitrogens with zero attached hydrogens (tertiary/aromatic N) is 1. The number of nitrogens with one attached hydrogen (secondary N) is 1. The van der Waals surface area contributed by atoms with E-state index in [0.717, 1.165) is 18.6 Å². The topological polar surface area (TPSA) is 51.2 Å². The highest BCUT2D eigenvalue weighted by molar-refractivity contribution is 8.00. The summed E-state index contributed by atoms with van der Waals surface area (Å²) in [6.45, 7) is 4.31.